The number of likely N-dealkylation sites (tertiary alicyclic amines) is 1. The maximum Gasteiger partial charge on any atom is 0.326 e. The number of ether oxygens (including phenoxy) is 1. The Labute approximate surface area is 106 Å². The SMILES string of the molecule is COC1CC(C(=O)O)N(C(=O)NC(C)C2CC2)C1. The second kappa shape index (κ2) is 5.14. The van der Waals surface area contributed by atoms with E-state index < -0.39 is 12.0 Å². The molecule has 3 unspecified atom stereocenters. The molecule has 0 aromatic heterocycles. The smallest absolute Gasteiger partial charge is 0.326 e. The Hall–Kier alpha value is -1.30. The minimum atomic E-state index is -0.969. The molecule has 2 fully saturated rings. The molecule has 0 radical (unpaired) electrons. The number of carboxylic acid groups (broad SMARTS) is 1. The second-order valence-electron chi connectivity index (χ2n) is 5.18. The van der Waals surface area contributed by atoms with Crippen molar-refractivity contribution in [3.05, 3.63) is 0 Å². The molecule has 2 N–H and O–H groups in total. The van der Waals surface area contributed by atoms with Crippen LogP contribution in [0.1, 0.15) is 26.2 Å². The Bertz CT molecular complexity index is 343. The van der Waals surface area contributed by atoms with Gasteiger partial charge in [0.15, 0.2) is 0 Å². The first-order chi connectivity index (χ1) is 8.52. The lowest BCUT2D eigenvalue weighted by atomic mass is 10.2. The van der Waals surface area contributed by atoms with Crippen LogP contribution in [0.5, 0.6) is 0 Å². The van der Waals surface area contributed by atoms with Crippen molar-refractivity contribution in [3.8, 4) is 0 Å². The van der Waals surface area contributed by atoms with E-state index in [9.17, 15) is 9.59 Å². The number of aliphatic carboxylic acids is 1. The fourth-order valence-electron chi connectivity index (χ4n) is 2.42. The summed E-state index contributed by atoms with van der Waals surface area (Å²) < 4.78 is 5.15. The number of rotatable bonds is 4. The first-order valence-corrected chi connectivity index (χ1v) is 6.35. The first kappa shape index (κ1) is 13.1. The molecular weight excluding hydrogens is 236 g/mol. The van der Waals surface area contributed by atoms with Crippen molar-refractivity contribution < 1.29 is 19.4 Å². The largest absolute Gasteiger partial charge is 0.480 e. The van der Waals surface area contributed by atoms with Crippen molar-refractivity contribution in [1.29, 1.82) is 0 Å². The number of carbonyl (C=O) groups is 2. The monoisotopic (exact) mass is 256 g/mol. The lowest BCUT2D eigenvalue weighted by Gasteiger charge is -2.24. The molecule has 6 heteroatoms. The van der Waals surface area contributed by atoms with E-state index in [2.05, 4.69) is 5.32 Å². The van der Waals surface area contributed by atoms with Gasteiger partial charge in [0.25, 0.3) is 0 Å². The van der Waals surface area contributed by atoms with Crippen molar-refractivity contribution in [1.82, 2.24) is 10.2 Å². The van der Waals surface area contributed by atoms with E-state index in [1.54, 1.807) is 0 Å². The molecule has 1 saturated carbocycles. The molecular formula is C12H20N2O4. The molecule has 1 aliphatic carbocycles. The van der Waals surface area contributed by atoms with Gasteiger partial charge in [-0.1, -0.05) is 0 Å². The van der Waals surface area contributed by atoms with Crippen LogP contribution in [0.3, 0.4) is 0 Å². The van der Waals surface area contributed by atoms with Gasteiger partial charge >= 0.3 is 12.0 Å². The highest BCUT2D eigenvalue weighted by Crippen LogP contribution is 2.32. The third-order valence-electron chi connectivity index (χ3n) is 3.82. The predicted molar refractivity (Wildman–Crippen MR) is 64.3 cm³/mol. The Morgan fingerprint density at radius 3 is 2.61 bits per heavy atom. The minimum absolute atomic E-state index is 0.119. The number of amides is 2. The maximum atomic E-state index is 12.1. The molecule has 1 heterocycles. The number of carboxylic acids is 1. The summed E-state index contributed by atoms with van der Waals surface area (Å²) in [5, 5.41) is 12.0. The topological polar surface area (TPSA) is 78.9 Å². The van der Waals surface area contributed by atoms with Crippen molar-refractivity contribution in [3.63, 3.8) is 0 Å². The molecule has 0 aromatic carbocycles. The number of hydrogen-bond donors (Lipinski definition) is 2. The Morgan fingerprint density at radius 1 is 1.44 bits per heavy atom. The molecule has 6 nitrogen and oxygen atoms in total. The third kappa shape index (κ3) is 2.75. The van der Waals surface area contributed by atoms with Crippen LogP contribution >= 0.6 is 0 Å². The second-order valence-corrected chi connectivity index (χ2v) is 5.18. The predicted octanol–water partition coefficient (Wildman–Crippen LogP) is 0.668. The molecule has 2 amide bonds. The van der Waals surface area contributed by atoms with Crippen LogP contribution in [0, 0.1) is 5.92 Å². The molecule has 2 aliphatic rings. The Morgan fingerprint density at radius 2 is 2.11 bits per heavy atom. The van der Waals surface area contributed by atoms with E-state index in [0.717, 1.165) is 12.8 Å². The van der Waals surface area contributed by atoms with Crippen LogP contribution in [0.4, 0.5) is 4.79 Å². The van der Waals surface area contributed by atoms with E-state index in [4.69, 9.17) is 9.84 Å². The molecule has 3 atom stereocenters. The molecule has 102 valence electrons. The zero-order chi connectivity index (χ0) is 13.3. The summed E-state index contributed by atoms with van der Waals surface area (Å²) in [6.07, 6.45) is 2.46. The average Bonchev–Trinajstić information content (AvgIpc) is 3.07. The van der Waals surface area contributed by atoms with Gasteiger partial charge in [0.05, 0.1) is 6.10 Å². The van der Waals surface area contributed by atoms with Crippen molar-refractivity contribution in [2.45, 2.75) is 44.4 Å². The van der Waals surface area contributed by atoms with Crippen LogP contribution in [-0.2, 0) is 9.53 Å². The van der Waals surface area contributed by atoms with Crippen LogP contribution in [0.25, 0.3) is 0 Å². The molecule has 0 aromatic rings. The van der Waals surface area contributed by atoms with Crippen molar-refractivity contribution in [2.24, 2.45) is 5.92 Å². The number of hydrogen-bond acceptors (Lipinski definition) is 3. The quantitative estimate of drug-likeness (QED) is 0.775. The van der Waals surface area contributed by atoms with Gasteiger partial charge in [-0.15, -0.1) is 0 Å². The highest BCUT2D eigenvalue weighted by atomic mass is 16.5. The fourth-order valence-corrected chi connectivity index (χ4v) is 2.42. The molecule has 2 rings (SSSR count). The van der Waals surface area contributed by atoms with Gasteiger partial charge in [0.1, 0.15) is 6.04 Å². The zero-order valence-electron chi connectivity index (χ0n) is 10.8. The lowest BCUT2D eigenvalue weighted by Crippen LogP contribution is -2.49. The summed E-state index contributed by atoms with van der Waals surface area (Å²) in [7, 11) is 1.54. The summed E-state index contributed by atoms with van der Waals surface area (Å²) in [5.41, 5.74) is 0. The number of methoxy groups -OCH3 is 1. The molecule has 18 heavy (non-hydrogen) atoms. The highest BCUT2D eigenvalue weighted by Gasteiger charge is 2.41. The van der Waals surface area contributed by atoms with E-state index in [0.29, 0.717) is 18.9 Å². The van der Waals surface area contributed by atoms with Gasteiger partial charge in [-0.2, -0.15) is 0 Å². The average molecular weight is 256 g/mol. The van der Waals surface area contributed by atoms with Gasteiger partial charge < -0.3 is 20.1 Å². The van der Waals surface area contributed by atoms with Gasteiger partial charge in [-0.3, -0.25) is 0 Å². The molecule has 1 saturated heterocycles. The van der Waals surface area contributed by atoms with Crippen LogP contribution in [0.2, 0.25) is 0 Å². The summed E-state index contributed by atoms with van der Waals surface area (Å²) in [6.45, 7) is 2.31. The van der Waals surface area contributed by atoms with Gasteiger partial charge in [-0.25, -0.2) is 9.59 Å². The Kier molecular flexibility index (Phi) is 3.75. The summed E-state index contributed by atoms with van der Waals surface area (Å²) in [6, 6.07) is -0.948. The summed E-state index contributed by atoms with van der Waals surface area (Å²) in [5.74, 6) is -0.415. The van der Waals surface area contributed by atoms with E-state index >= 15 is 0 Å². The van der Waals surface area contributed by atoms with Crippen LogP contribution in [-0.4, -0.2) is 53.8 Å². The molecule has 0 spiro atoms. The van der Waals surface area contributed by atoms with Gasteiger partial charge in [-0.05, 0) is 25.7 Å². The number of carbonyl (C=O) groups excluding carboxylic acids is 1. The van der Waals surface area contributed by atoms with Gasteiger partial charge in [0.2, 0.25) is 0 Å². The van der Waals surface area contributed by atoms with E-state index in [-0.39, 0.29) is 18.2 Å². The molecule has 1 aliphatic heterocycles. The Balaban J connectivity index is 1.95. The third-order valence-corrected chi connectivity index (χ3v) is 3.82. The number of nitrogens with one attached hydrogen (secondary N) is 1. The minimum Gasteiger partial charge on any atom is -0.480 e. The summed E-state index contributed by atoms with van der Waals surface area (Å²) in [4.78, 5) is 24.6. The van der Waals surface area contributed by atoms with Crippen molar-refractivity contribution >= 4 is 12.0 Å². The standard InChI is InChI=1S/C12H20N2O4/c1-7(8-3-4-8)13-12(17)14-6-9(18-2)5-10(14)11(15)16/h7-10H,3-6H2,1-2H3,(H,13,17)(H,15,16). The summed E-state index contributed by atoms with van der Waals surface area (Å²) >= 11 is 0. The van der Waals surface area contributed by atoms with Gasteiger partial charge in [0, 0.05) is 26.1 Å². The van der Waals surface area contributed by atoms with Crippen molar-refractivity contribution in [2.75, 3.05) is 13.7 Å². The van der Waals surface area contributed by atoms with Crippen LogP contribution in [0.15, 0.2) is 0 Å². The number of urea groups is 1. The normalized spacial score (nSPS) is 29.1. The maximum absolute atomic E-state index is 12.1. The first-order valence-electron chi connectivity index (χ1n) is 6.35. The highest BCUT2D eigenvalue weighted by molar-refractivity contribution is 5.83. The lowest BCUT2D eigenvalue weighted by molar-refractivity contribution is -0.141. The van der Waals surface area contributed by atoms with E-state index in [1.165, 1.54) is 12.0 Å². The van der Waals surface area contributed by atoms with E-state index in [1.807, 2.05) is 6.92 Å². The fraction of sp³-hybridized carbons (Fsp3) is 0.833. The zero-order valence-corrected chi connectivity index (χ0v) is 10.8. The number of nitrogens with zero attached hydrogens (tertiary/aromatic N) is 1. The van der Waals surface area contributed by atoms with Crippen LogP contribution < -0.4 is 5.32 Å². The molecule has 0 bridgehead atoms.